The van der Waals surface area contributed by atoms with Crippen LogP contribution in [0.2, 0.25) is 0 Å². The van der Waals surface area contributed by atoms with Crippen LogP contribution in [0, 0.1) is 0 Å². The first-order valence-corrected chi connectivity index (χ1v) is 5.44. The first-order chi connectivity index (χ1) is 7.00. The Hall–Kier alpha value is -0.605. The molecule has 1 atom stereocenters. The molecule has 84 valence electrons. The van der Waals surface area contributed by atoms with Crippen molar-refractivity contribution in [3.63, 3.8) is 0 Å². The zero-order valence-electron chi connectivity index (χ0n) is 9.54. The molecule has 0 rings (SSSR count). The molecule has 0 bridgehead atoms. The van der Waals surface area contributed by atoms with Gasteiger partial charge in [-0.05, 0) is 45.6 Å². The van der Waals surface area contributed by atoms with E-state index < -0.39 is 11.2 Å². The molecule has 0 fully saturated rings. The van der Waals surface area contributed by atoms with Crippen LogP contribution in [0.15, 0.2) is 12.2 Å². The Balaban J connectivity index is 3.54. The van der Waals surface area contributed by atoms with Crippen LogP contribution in [0.25, 0.3) is 0 Å². The first kappa shape index (κ1) is 14.4. The highest BCUT2D eigenvalue weighted by Gasteiger charge is 2.21. The van der Waals surface area contributed by atoms with Gasteiger partial charge in [-0.1, -0.05) is 12.2 Å². The van der Waals surface area contributed by atoms with E-state index in [0.29, 0.717) is 6.42 Å². The van der Waals surface area contributed by atoms with E-state index in [1.54, 1.807) is 6.92 Å². The topological polar surface area (TPSA) is 69.1 Å². The van der Waals surface area contributed by atoms with Gasteiger partial charge >= 0.3 is 0 Å². The average Bonchev–Trinajstić information content (AvgIpc) is 2.16. The van der Waals surface area contributed by atoms with Crippen molar-refractivity contribution in [3.05, 3.63) is 12.2 Å². The third-order valence-electron chi connectivity index (χ3n) is 2.37. The summed E-state index contributed by atoms with van der Waals surface area (Å²) in [4.78, 5) is 10.9. The van der Waals surface area contributed by atoms with Gasteiger partial charge < -0.3 is 16.3 Å². The summed E-state index contributed by atoms with van der Waals surface area (Å²) >= 11 is 0. The monoisotopic (exact) mass is 208 g/mol. The van der Waals surface area contributed by atoms with Crippen LogP contribution in [-0.2, 0) is 4.79 Å². The number of hydrogen-bond donors (Lipinski definition) is 2. The van der Waals surface area contributed by atoms with E-state index in [-0.39, 0.29) is 0 Å². The van der Waals surface area contributed by atoms with Gasteiger partial charge in [0.2, 0.25) is 0 Å². The van der Waals surface area contributed by atoms with Crippen molar-refractivity contribution in [2.24, 2.45) is 11.5 Å². The van der Waals surface area contributed by atoms with Gasteiger partial charge in [0.15, 0.2) is 7.85 Å². The van der Waals surface area contributed by atoms with Gasteiger partial charge in [0, 0.05) is 0 Å². The molecule has 0 aromatic rings. The summed E-state index contributed by atoms with van der Waals surface area (Å²) in [5, 5.41) is 0. The molecule has 0 aliphatic heterocycles. The van der Waals surface area contributed by atoms with Gasteiger partial charge in [0.25, 0.3) is 0 Å². The fourth-order valence-electron chi connectivity index (χ4n) is 1.18. The molecule has 0 aromatic carbocycles. The number of carbonyl (C=O) groups excluding carboxylic acids is 1. The van der Waals surface area contributed by atoms with Crippen molar-refractivity contribution in [1.82, 2.24) is 0 Å². The number of allylic oxidation sites excluding steroid dienone is 2. The van der Waals surface area contributed by atoms with Crippen molar-refractivity contribution in [2.45, 2.75) is 44.6 Å². The molecule has 3 nitrogen and oxygen atoms in total. The Morgan fingerprint density at radius 1 is 1.33 bits per heavy atom. The standard InChI is InChI=1S/C11H21BN2O/c1-11(14,10(12)15)8-6-4-2-3-5-7-9-13/h2-3H,4-9,13-14H2,1H3/b3-2-/t11-/m0/s1. The van der Waals surface area contributed by atoms with Crippen LogP contribution >= 0.6 is 0 Å². The van der Waals surface area contributed by atoms with Gasteiger partial charge in [0.1, 0.15) is 0 Å². The highest BCUT2D eigenvalue weighted by molar-refractivity contribution is 6.59. The summed E-state index contributed by atoms with van der Waals surface area (Å²) < 4.78 is 0. The van der Waals surface area contributed by atoms with E-state index in [1.165, 1.54) is 0 Å². The first-order valence-electron chi connectivity index (χ1n) is 5.44. The molecule has 0 aromatic heterocycles. The number of rotatable bonds is 8. The minimum Gasteiger partial charge on any atom is -0.330 e. The van der Waals surface area contributed by atoms with Crippen LogP contribution in [0.3, 0.4) is 0 Å². The Morgan fingerprint density at radius 2 is 1.87 bits per heavy atom. The van der Waals surface area contributed by atoms with Crippen LogP contribution in [-0.4, -0.2) is 25.6 Å². The Morgan fingerprint density at radius 3 is 2.33 bits per heavy atom. The minimum atomic E-state index is -0.870. The van der Waals surface area contributed by atoms with Crippen molar-refractivity contribution in [1.29, 1.82) is 0 Å². The predicted octanol–water partition coefficient (Wildman–Crippen LogP) is 0.864. The van der Waals surface area contributed by atoms with Crippen molar-refractivity contribution >= 4 is 13.5 Å². The van der Waals surface area contributed by atoms with Gasteiger partial charge in [-0.3, -0.25) is 0 Å². The second kappa shape index (κ2) is 7.66. The lowest BCUT2D eigenvalue weighted by Crippen LogP contribution is -2.44. The molecular formula is C11H21BN2O. The molecule has 2 radical (unpaired) electrons. The summed E-state index contributed by atoms with van der Waals surface area (Å²) in [6.45, 7) is 2.40. The molecule has 4 heteroatoms. The van der Waals surface area contributed by atoms with E-state index in [4.69, 9.17) is 19.3 Å². The molecule has 0 heterocycles. The number of nitrogens with two attached hydrogens (primary N) is 2. The van der Waals surface area contributed by atoms with Gasteiger partial charge in [-0.2, -0.15) is 0 Å². The number of unbranched alkanes of at least 4 members (excludes halogenated alkanes) is 2. The molecule has 0 saturated heterocycles. The second-order valence-electron chi connectivity index (χ2n) is 4.08. The van der Waals surface area contributed by atoms with Crippen LogP contribution < -0.4 is 11.5 Å². The number of carbonyl (C=O) groups is 1. The maximum Gasteiger partial charge on any atom is 0.170 e. The van der Waals surface area contributed by atoms with E-state index >= 15 is 0 Å². The third kappa shape index (κ3) is 7.34. The summed E-state index contributed by atoms with van der Waals surface area (Å²) in [6, 6.07) is 0. The Bertz CT molecular complexity index is 215. The smallest absolute Gasteiger partial charge is 0.170 e. The second-order valence-corrected chi connectivity index (χ2v) is 4.08. The normalized spacial score (nSPS) is 15.4. The fourth-order valence-corrected chi connectivity index (χ4v) is 1.18. The van der Waals surface area contributed by atoms with E-state index in [1.807, 2.05) is 0 Å². The van der Waals surface area contributed by atoms with E-state index in [2.05, 4.69) is 12.2 Å². The minimum absolute atomic E-state index is 0.436. The van der Waals surface area contributed by atoms with Gasteiger partial charge in [0.05, 0.1) is 11.2 Å². The molecule has 0 spiro atoms. The Labute approximate surface area is 93.7 Å². The highest BCUT2D eigenvalue weighted by Crippen LogP contribution is 2.11. The van der Waals surface area contributed by atoms with Gasteiger partial charge in [-0.15, -0.1) is 0 Å². The number of hydrogen-bond acceptors (Lipinski definition) is 3. The SMILES string of the molecule is [B]C(=O)[C@@](C)(N)CCC/C=C\CCCN. The van der Waals surface area contributed by atoms with E-state index in [9.17, 15) is 4.79 Å². The zero-order valence-corrected chi connectivity index (χ0v) is 9.54. The molecule has 0 amide bonds. The summed E-state index contributed by atoms with van der Waals surface area (Å²) in [5.74, 6) is 0. The predicted molar refractivity (Wildman–Crippen MR) is 64.6 cm³/mol. The lowest BCUT2D eigenvalue weighted by Gasteiger charge is -2.20. The molecular weight excluding hydrogens is 187 g/mol. The van der Waals surface area contributed by atoms with Crippen molar-refractivity contribution < 1.29 is 4.79 Å². The molecule has 0 aliphatic carbocycles. The Kier molecular flexibility index (Phi) is 7.35. The maximum absolute atomic E-state index is 10.9. The molecule has 4 N–H and O–H groups in total. The largest absolute Gasteiger partial charge is 0.330 e. The van der Waals surface area contributed by atoms with Crippen molar-refractivity contribution in [3.8, 4) is 0 Å². The van der Waals surface area contributed by atoms with Crippen LogP contribution in [0.1, 0.15) is 39.0 Å². The van der Waals surface area contributed by atoms with Crippen LogP contribution in [0.4, 0.5) is 0 Å². The highest BCUT2D eigenvalue weighted by atomic mass is 16.1. The van der Waals surface area contributed by atoms with Crippen molar-refractivity contribution in [2.75, 3.05) is 6.54 Å². The molecule has 0 saturated carbocycles. The molecule has 0 unspecified atom stereocenters. The maximum atomic E-state index is 10.9. The fraction of sp³-hybridized carbons (Fsp3) is 0.727. The van der Waals surface area contributed by atoms with Gasteiger partial charge in [-0.25, -0.2) is 0 Å². The lowest BCUT2D eigenvalue weighted by atomic mass is 9.81. The zero-order chi connectivity index (χ0) is 11.7. The van der Waals surface area contributed by atoms with E-state index in [0.717, 1.165) is 32.2 Å². The quantitative estimate of drug-likeness (QED) is 0.353. The van der Waals surface area contributed by atoms with Crippen LogP contribution in [0.5, 0.6) is 0 Å². The molecule has 0 aliphatic rings. The third-order valence-corrected chi connectivity index (χ3v) is 2.37. The summed E-state index contributed by atoms with van der Waals surface area (Å²) in [5.41, 5.74) is 9.76. The summed E-state index contributed by atoms with van der Waals surface area (Å²) in [6.07, 6.45) is 8.71. The lowest BCUT2D eigenvalue weighted by molar-refractivity contribution is -0.116. The average molecular weight is 208 g/mol. The summed E-state index contributed by atoms with van der Waals surface area (Å²) in [7, 11) is 5.15. The molecule has 15 heavy (non-hydrogen) atoms.